The first-order valence-electron chi connectivity index (χ1n) is 6.56. The number of amides is 2. The number of aliphatic carboxylic acids is 1. The van der Waals surface area contributed by atoms with E-state index in [2.05, 4.69) is 10.6 Å². The van der Waals surface area contributed by atoms with Gasteiger partial charge in [0.15, 0.2) is 0 Å². The second-order valence-corrected chi connectivity index (χ2v) is 5.23. The van der Waals surface area contributed by atoms with Crippen LogP contribution in [0.1, 0.15) is 38.5 Å². The molecule has 2 fully saturated rings. The summed E-state index contributed by atoms with van der Waals surface area (Å²) in [7, 11) is 0. The molecule has 2 saturated carbocycles. The number of carboxylic acid groups (broad SMARTS) is 1. The number of carboxylic acids is 1. The van der Waals surface area contributed by atoms with Gasteiger partial charge in [-0.1, -0.05) is 12.8 Å². The van der Waals surface area contributed by atoms with Gasteiger partial charge in [-0.2, -0.15) is 0 Å². The highest BCUT2D eigenvalue weighted by Gasteiger charge is 2.37. The molecule has 0 heterocycles. The number of aliphatic hydroxyl groups excluding tert-OH is 1. The van der Waals surface area contributed by atoms with Crippen LogP contribution in [0.3, 0.4) is 0 Å². The Morgan fingerprint density at radius 2 is 1.78 bits per heavy atom. The minimum atomic E-state index is -0.989. The average molecular weight is 256 g/mol. The van der Waals surface area contributed by atoms with E-state index in [0.717, 1.165) is 32.1 Å². The zero-order valence-corrected chi connectivity index (χ0v) is 10.3. The minimum absolute atomic E-state index is 0.0597. The number of hydrogen-bond acceptors (Lipinski definition) is 3. The molecule has 0 aromatic carbocycles. The minimum Gasteiger partial charge on any atom is -0.480 e. The third-order valence-corrected chi connectivity index (χ3v) is 3.69. The fraction of sp³-hybridized carbons (Fsp3) is 0.833. The molecule has 102 valence electrons. The SMILES string of the molecule is O=C(NC1CCCCC1O)NC(C(=O)O)C1CC1. The van der Waals surface area contributed by atoms with Gasteiger partial charge in [-0.3, -0.25) is 0 Å². The highest BCUT2D eigenvalue weighted by molar-refractivity contribution is 5.83. The number of rotatable bonds is 4. The van der Waals surface area contributed by atoms with E-state index in [1.165, 1.54) is 0 Å². The quantitative estimate of drug-likeness (QED) is 0.587. The van der Waals surface area contributed by atoms with Crippen LogP contribution < -0.4 is 10.6 Å². The summed E-state index contributed by atoms with van der Waals surface area (Å²) in [5.41, 5.74) is 0. The van der Waals surface area contributed by atoms with Gasteiger partial charge in [0, 0.05) is 0 Å². The summed E-state index contributed by atoms with van der Waals surface area (Å²) >= 11 is 0. The average Bonchev–Trinajstić information content (AvgIpc) is 3.13. The first-order chi connectivity index (χ1) is 8.58. The fourth-order valence-corrected chi connectivity index (χ4v) is 2.44. The standard InChI is InChI=1S/C12H20N2O4/c15-9-4-2-1-3-8(9)13-12(18)14-10(11(16)17)7-5-6-7/h7-10,15H,1-6H2,(H,16,17)(H2,13,14,18). The summed E-state index contributed by atoms with van der Waals surface area (Å²) in [5.74, 6) is -0.929. The summed E-state index contributed by atoms with van der Waals surface area (Å²) in [6.07, 6.45) is 4.57. The van der Waals surface area contributed by atoms with Crippen LogP contribution in [0, 0.1) is 5.92 Å². The predicted octanol–water partition coefficient (Wildman–Crippen LogP) is 0.452. The van der Waals surface area contributed by atoms with Crippen LogP contribution in [-0.2, 0) is 4.79 Å². The van der Waals surface area contributed by atoms with Crippen molar-refractivity contribution in [2.45, 2.75) is 56.7 Å². The lowest BCUT2D eigenvalue weighted by Crippen LogP contribution is -2.53. The zero-order chi connectivity index (χ0) is 13.1. The largest absolute Gasteiger partial charge is 0.480 e. The highest BCUT2D eigenvalue weighted by Crippen LogP contribution is 2.32. The van der Waals surface area contributed by atoms with Gasteiger partial charge in [0.05, 0.1) is 12.1 Å². The molecule has 0 radical (unpaired) electrons. The molecule has 18 heavy (non-hydrogen) atoms. The Bertz CT molecular complexity index is 330. The molecule has 2 rings (SSSR count). The molecular formula is C12H20N2O4. The number of carbonyl (C=O) groups is 2. The van der Waals surface area contributed by atoms with Crippen LogP contribution in [0.5, 0.6) is 0 Å². The Kier molecular flexibility index (Phi) is 4.06. The van der Waals surface area contributed by atoms with Crippen LogP contribution in [-0.4, -0.2) is 40.4 Å². The smallest absolute Gasteiger partial charge is 0.326 e. The number of nitrogens with one attached hydrogen (secondary N) is 2. The van der Waals surface area contributed by atoms with Crippen molar-refractivity contribution in [2.75, 3.05) is 0 Å². The number of aliphatic hydroxyl groups is 1. The lowest BCUT2D eigenvalue weighted by atomic mass is 9.93. The number of urea groups is 1. The first-order valence-corrected chi connectivity index (χ1v) is 6.56. The van der Waals surface area contributed by atoms with Crippen LogP contribution in [0.25, 0.3) is 0 Å². The van der Waals surface area contributed by atoms with Crippen molar-refractivity contribution in [3.63, 3.8) is 0 Å². The Hall–Kier alpha value is -1.30. The molecule has 0 aromatic rings. The molecule has 3 unspecified atom stereocenters. The van der Waals surface area contributed by atoms with Gasteiger partial charge in [0.25, 0.3) is 0 Å². The summed E-state index contributed by atoms with van der Waals surface area (Å²) < 4.78 is 0. The molecule has 0 aliphatic heterocycles. The van der Waals surface area contributed by atoms with Crippen LogP contribution in [0.2, 0.25) is 0 Å². The fourth-order valence-electron chi connectivity index (χ4n) is 2.44. The molecule has 0 aromatic heterocycles. The lowest BCUT2D eigenvalue weighted by molar-refractivity contribution is -0.139. The van der Waals surface area contributed by atoms with E-state index in [0.29, 0.717) is 6.42 Å². The van der Waals surface area contributed by atoms with E-state index < -0.39 is 24.1 Å². The predicted molar refractivity (Wildman–Crippen MR) is 64.1 cm³/mol. The van der Waals surface area contributed by atoms with E-state index in [1.807, 2.05) is 0 Å². The maximum atomic E-state index is 11.7. The van der Waals surface area contributed by atoms with E-state index in [1.54, 1.807) is 0 Å². The Morgan fingerprint density at radius 1 is 1.11 bits per heavy atom. The highest BCUT2D eigenvalue weighted by atomic mass is 16.4. The monoisotopic (exact) mass is 256 g/mol. The molecule has 3 atom stereocenters. The van der Waals surface area contributed by atoms with Gasteiger partial charge < -0.3 is 20.8 Å². The van der Waals surface area contributed by atoms with Crippen molar-refractivity contribution >= 4 is 12.0 Å². The van der Waals surface area contributed by atoms with Gasteiger partial charge in [0.1, 0.15) is 6.04 Å². The summed E-state index contributed by atoms with van der Waals surface area (Å²) in [6, 6.07) is -1.54. The van der Waals surface area contributed by atoms with Gasteiger partial charge >= 0.3 is 12.0 Å². The number of carbonyl (C=O) groups excluding carboxylic acids is 1. The van der Waals surface area contributed by atoms with Gasteiger partial charge in [0.2, 0.25) is 0 Å². The second kappa shape index (κ2) is 5.56. The Morgan fingerprint density at radius 3 is 2.33 bits per heavy atom. The normalized spacial score (nSPS) is 29.4. The van der Waals surface area contributed by atoms with Crippen LogP contribution >= 0.6 is 0 Å². The van der Waals surface area contributed by atoms with Crippen molar-refractivity contribution in [3.05, 3.63) is 0 Å². The molecule has 2 amide bonds. The van der Waals surface area contributed by atoms with Crippen LogP contribution in [0.15, 0.2) is 0 Å². The third kappa shape index (κ3) is 3.35. The van der Waals surface area contributed by atoms with Crippen molar-refractivity contribution in [1.29, 1.82) is 0 Å². The molecule has 6 nitrogen and oxygen atoms in total. The molecule has 2 aliphatic carbocycles. The maximum absolute atomic E-state index is 11.7. The molecule has 0 bridgehead atoms. The number of hydrogen-bond donors (Lipinski definition) is 4. The van der Waals surface area contributed by atoms with E-state index in [4.69, 9.17) is 5.11 Å². The molecular weight excluding hydrogens is 236 g/mol. The third-order valence-electron chi connectivity index (χ3n) is 3.69. The molecule has 6 heteroatoms. The zero-order valence-electron chi connectivity index (χ0n) is 10.3. The molecule has 4 N–H and O–H groups in total. The topological polar surface area (TPSA) is 98.7 Å². The van der Waals surface area contributed by atoms with Crippen molar-refractivity contribution in [3.8, 4) is 0 Å². The molecule has 2 aliphatic rings. The lowest BCUT2D eigenvalue weighted by Gasteiger charge is -2.28. The van der Waals surface area contributed by atoms with E-state index in [-0.39, 0.29) is 12.0 Å². The maximum Gasteiger partial charge on any atom is 0.326 e. The molecule has 0 saturated heterocycles. The van der Waals surface area contributed by atoms with Gasteiger partial charge in [-0.05, 0) is 31.6 Å². The van der Waals surface area contributed by atoms with Crippen molar-refractivity contribution in [1.82, 2.24) is 10.6 Å². The first kappa shape index (κ1) is 13.1. The van der Waals surface area contributed by atoms with E-state index >= 15 is 0 Å². The van der Waals surface area contributed by atoms with Crippen molar-refractivity contribution in [2.24, 2.45) is 5.92 Å². The van der Waals surface area contributed by atoms with Gasteiger partial charge in [-0.25, -0.2) is 9.59 Å². The Balaban J connectivity index is 1.81. The summed E-state index contributed by atoms with van der Waals surface area (Å²) in [4.78, 5) is 22.7. The Labute approximate surface area is 106 Å². The van der Waals surface area contributed by atoms with Crippen molar-refractivity contribution < 1.29 is 19.8 Å². The van der Waals surface area contributed by atoms with Gasteiger partial charge in [-0.15, -0.1) is 0 Å². The summed E-state index contributed by atoms with van der Waals surface area (Å²) in [5, 5.41) is 23.9. The van der Waals surface area contributed by atoms with E-state index in [9.17, 15) is 14.7 Å². The van der Waals surface area contributed by atoms with Crippen LogP contribution in [0.4, 0.5) is 4.79 Å². The summed E-state index contributed by atoms with van der Waals surface area (Å²) in [6.45, 7) is 0. The molecule has 0 spiro atoms. The second-order valence-electron chi connectivity index (χ2n) is 5.23.